The van der Waals surface area contributed by atoms with Crippen LogP contribution in [0.4, 0.5) is 18.3 Å². The average molecular weight is 629 g/mol. The van der Waals surface area contributed by atoms with Crippen LogP contribution >= 0.6 is 11.3 Å². The summed E-state index contributed by atoms with van der Waals surface area (Å²) in [6.07, 6.45) is -3.96. The Balaban J connectivity index is 1.36. The number of carbonyl (C=O) groups is 2. The molecule has 1 heterocycles. The summed E-state index contributed by atoms with van der Waals surface area (Å²) in [5.41, 5.74) is 1.53. The van der Waals surface area contributed by atoms with Gasteiger partial charge in [0.15, 0.2) is 11.5 Å². The van der Waals surface area contributed by atoms with Gasteiger partial charge in [-0.1, -0.05) is 59.9 Å². The molecule has 1 aromatic heterocycles. The lowest BCUT2D eigenvalue weighted by Crippen LogP contribution is -2.37. The van der Waals surface area contributed by atoms with Crippen molar-refractivity contribution in [1.29, 1.82) is 0 Å². The lowest BCUT2D eigenvalue weighted by atomic mass is 10.1. The number of carbonyl (C=O) groups excluding carboxylic acids is 2. The molecule has 4 rings (SSSR count). The predicted molar refractivity (Wildman–Crippen MR) is 160 cm³/mol. The van der Waals surface area contributed by atoms with E-state index in [1.54, 1.807) is 25.2 Å². The fourth-order valence-electron chi connectivity index (χ4n) is 4.19. The van der Waals surface area contributed by atoms with Crippen molar-refractivity contribution in [1.82, 2.24) is 15.1 Å². The highest BCUT2D eigenvalue weighted by molar-refractivity contribution is 7.18. The van der Waals surface area contributed by atoms with Gasteiger partial charge in [0, 0.05) is 25.1 Å². The van der Waals surface area contributed by atoms with Crippen molar-refractivity contribution in [3.63, 3.8) is 0 Å². The lowest BCUT2D eigenvalue weighted by Gasteiger charge is -2.23. The number of nitrogens with one attached hydrogen (secondary N) is 1. The molecule has 0 unspecified atom stereocenters. The van der Waals surface area contributed by atoms with Crippen molar-refractivity contribution in [2.45, 2.75) is 25.6 Å². The van der Waals surface area contributed by atoms with Gasteiger partial charge in [0.1, 0.15) is 11.6 Å². The van der Waals surface area contributed by atoms with Gasteiger partial charge in [0.25, 0.3) is 0 Å². The summed E-state index contributed by atoms with van der Waals surface area (Å²) in [4.78, 5) is 27.5. The van der Waals surface area contributed by atoms with Crippen molar-refractivity contribution in [2.75, 3.05) is 39.2 Å². The minimum Gasteiger partial charge on any atom is -0.493 e. The van der Waals surface area contributed by atoms with E-state index >= 15 is 0 Å². The maximum atomic E-state index is 13.1. The van der Waals surface area contributed by atoms with Gasteiger partial charge in [-0.15, -0.1) is 10.2 Å². The van der Waals surface area contributed by atoms with Crippen molar-refractivity contribution < 1.29 is 37.0 Å². The van der Waals surface area contributed by atoms with E-state index in [4.69, 9.17) is 14.2 Å². The molecule has 2 amide bonds. The Hall–Kier alpha value is -4.49. The molecule has 0 bridgehead atoms. The highest BCUT2D eigenvalue weighted by Gasteiger charge is 2.30. The molecule has 0 saturated heterocycles. The SMILES string of the molecule is COc1ccc(CCN(CCC(=O)Nc2nnc(-c3ccc(C(F)(F)F)cc3)s2)C(=O)COCc2ccccc2)cc1OC. The fraction of sp³-hybridized carbons (Fsp3) is 0.290. The van der Waals surface area contributed by atoms with Crippen molar-refractivity contribution in [3.8, 4) is 22.1 Å². The zero-order chi connectivity index (χ0) is 31.5. The van der Waals surface area contributed by atoms with Gasteiger partial charge in [0.05, 0.1) is 26.4 Å². The zero-order valence-electron chi connectivity index (χ0n) is 24.1. The fourth-order valence-corrected chi connectivity index (χ4v) is 4.96. The minimum atomic E-state index is -4.44. The lowest BCUT2D eigenvalue weighted by molar-refractivity contribution is -0.138. The van der Waals surface area contributed by atoms with Gasteiger partial charge in [-0.2, -0.15) is 13.2 Å². The molecule has 232 valence electrons. The van der Waals surface area contributed by atoms with E-state index in [2.05, 4.69) is 15.5 Å². The van der Waals surface area contributed by atoms with E-state index in [1.165, 1.54) is 12.1 Å². The molecule has 13 heteroatoms. The average Bonchev–Trinajstić information content (AvgIpc) is 3.49. The van der Waals surface area contributed by atoms with E-state index in [0.717, 1.165) is 34.6 Å². The summed E-state index contributed by atoms with van der Waals surface area (Å²) in [5.74, 6) is 0.499. The number of alkyl halides is 3. The van der Waals surface area contributed by atoms with E-state index in [-0.39, 0.29) is 37.2 Å². The first kappa shape index (κ1) is 32.4. The van der Waals surface area contributed by atoms with Crippen LogP contribution in [0.25, 0.3) is 10.6 Å². The molecular weight excluding hydrogens is 597 g/mol. The van der Waals surface area contributed by atoms with Crippen LogP contribution in [0.1, 0.15) is 23.1 Å². The molecule has 44 heavy (non-hydrogen) atoms. The number of hydrogen-bond donors (Lipinski definition) is 1. The molecule has 4 aromatic rings. The summed E-state index contributed by atoms with van der Waals surface area (Å²) >= 11 is 1.03. The predicted octanol–water partition coefficient (Wildman–Crippen LogP) is 5.86. The number of halogens is 3. The number of nitrogens with zero attached hydrogens (tertiary/aromatic N) is 3. The van der Waals surface area contributed by atoms with Crippen molar-refractivity contribution in [3.05, 3.63) is 89.5 Å². The number of anilines is 1. The molecule has 0 fully saturated rings. The number of rotatable bonds is 14. The first-order valence-electron chi connectivity index (χ1n) is 13.6. The van der Waals surface area contributed by atoms with Crippen molar-refractivity contribution in [2.24, 2.45) is 0 Å². The van der Waals surface area contributed by atoms with Crippen LogP contribution in [0.2, 0.25) is 0 Å². The molecule has 0 spiro atoms. The van der Waals surface area contributed by atoms with Crippen LogP contribution in [0.15, 0.2) is 72.8 Å². The molecule has 0 atom stereocenters. The second-order valence-electron chi connectivity index (χ2n) is 9.58. The van der Waals surface area contributed by atoms with Gasteiger partial charge in [-0.25, -0.2) is 0 Å². The number of amides is 2. The number of ether oxygens (including phenoxy) is 3. The Morgan fingerprint density at radius 3 is 2.30 bits per heavy atom. The van der Waals surface area contributed by atoms with E-state index < -0.39 is 17.6 Å². The Bertz CT molecular complexity index is 1530. The quantitative estimate of drug-likeness (QED) is 0.187. The van der Waals surface area contributed by atoms with Crippen LogP contribution in [0, 0.1) is 0 Å². The van der Waals surface area contributed by atoms with Gasteiger partial charge in [0.2, 0.25) is 16.9 Å². The van der Waals surface area contributed by atoms with Gasteiger partial charge in [-0.05, 0) is 41.8 Å². The normalized spacial score (nSPS) is 11.2. The maximum absolute atomic E-state index is 13.1. The number of aromatic nitrogens is 2. The Labute approximate surface area is 256 Å². The third kappa shape index (κ3) is 9.25. The Morgan fingerprint density at radius 2 is 1.61 bits per heavy atom. The standard InChI is InChI=1S/C31H31F3N4O5S/c1-41-25-13-8-21(18-26(25)42-2)14-16-38(28(40)20-43-19-22-6-4-3-5-7-22)17-15-27(39)35-30-37-36-29(44-30)23-9-11-24(12-10-23)31(32,33)34/h3-13,18H,14-17,19-20H2,1-2H3,(H,35,37,39). The van der Waals surface area contributed by atoms with Gasteiger partial charge in [-0.3, -0.25) is 9.59 Å². The Kier molecular flexibility index (Phi) is 11.3. The largest absolute Gasteiger partial charge is 0.493 e. The van der Waals surface area contributed by atoms with E-state index in [1.807, 2.05) is 42.5 Å². The zero-order valence-corrected chi connectivity index (χ0v) is 24.9. The summed E-state index contributed by atoms with van der Waals surface area (Å²) in [7, 11) is 3.10. The summed E-state index contributed by atoms with van der Waals surface area (Å²) in [6.45, 7) is 0.564. The second kappa shape index (κ2) is 15.3. The molecule has 0 radical (unpaired) electrons. The highest BCUT2D eigenvalue weighted by Crippen LogP contribution is 2.32. The second-order valence-corrected chi connectivity index (χ2v) is 10.6. The summed E-state index contributed by atoms with van der Waals surface area (Å²) in [5, 5.41) is 11.1. The first-order chi connectivity index (χ1) is 21.2. The Morgan fingerprint density at radius 1 is 0.886 bits per heavy atom. The van der Waals surface area contributed by atoms with Gasteiger partial charge >= 0.3 is 6.18 Å². The maximum Gasteiger partial charge on any atom is 0.416 e. The van der Waals surface area contributed by atoms with E-state index in [0.29, 0.717) is 35.0 Å². The molecular formula is C31H31F3N4O5S. The monoisotopic (exact) mass is 628 g/mol. The van der Waals surface area contributed by atoms with Crippen LogP contribution in [-0.2, 0) is 33.5 Å². The topological polar surface area (TPSA) is 103 Å². The van der Waals surface area contributed by atoms with Crippen LogP contribution in [0.3, 0.4) is 0 Å². The summed E-state index contributed by atoms with van der Waals surface area (Å²) in [6, 6.07) is 19.5. The number of hydrogen-bond acceptors (Lipinski definition) is 8. The van der Waals surface area contributed by atoms with E-state index in [9.17, 15) is 22.8 Å². The third-order valence-electron chi connectivity index (χ3n) is 6.55. The third-order valence-corrected chi connectivity index (χ3v) is 7.44. The van der Waals surface area contributed by atoms with Crippen LogP contribution in [0.5, 0.6) is 11.5 Å². The molecule has 3 aromatic carbocycles. The molecule has 0 aliphatic heterocycles. The highest BCUT2D eigenvalue weighted by atomic mass is 32.1. The molecule has 0 aliphatic rings. The minimum absolute atomic E-state index is 0.0223. The summed E-state index contributed by atoms with van der Waals surface area (Å²) < 4.78 is 54.9. The molecule has 9 nitrogen and oxygen atoms in total. The molecule has 0 aliphatic carbocycles. The van der Waals surface area contributed by atoms with Crippen LogP contribution in [-0.4, -0.2) is 60.8 Å². The first-order valence-corrected chi connectivity index (χ1v) is 14.4. The molecule has 1 N–H and O–H groups in total. The van der Waals surface area contributed by atoms with Crippen LogP contribution < -0.4 is 14.8 Å². The number of benzene rings is 3. The smallest absolute Gasteiger partial charge is 0.416 e. The molecule has 0 saturated carbocycles. The number of methoxy groups -OCH3 is 2. The van der Waals surface area contributed by atoms with Gasteiger partial charge < -0.3 is 24.4 Å². The van der Waals surface area contributed by atoms with Crippen molar-refractivity contribution >= 4 is 28.3 Å².